The van der Waals surface area contributed by atoms with Gasteiger partial charge in [-0.05, 0) is 61.1 Å². The molecule has 0 aliphatic carbocycles. The van der Waals surface area contributed by atoms with Crippen LogP contribution in [0.3, 0.4) is 0 Å². The summed E-state index contributed by atoms with van der Waals surface area (Å²) in [4.78, 5) is 2.49. The predicted molar refractivity (Wildman–Crippen MR) is 103 cm³/mol. The molecule has 140 valence electrons. The van der Waals surface area contributed by atoms with Crippen LogP contribution in [0.25, 0.3) is 0 Å². The molecule has 2 aromatic rings. The van der Waals surface area contributed by atoms with Gasteiger partial charge in [0.25, 0.3) is 0 Å². The summed E-state index contributed by atoms with van der Waals surface area (Å²) in [6, 6.07) is 15.1. The molecule has 2 aromatic carbocycles. The molecule has 1 unspecified atom stereocenters. The van der Waals surface area contributed by atoms with Crippen molar-refractivity contribution in [2.45, 2.75) is 49.9 Å². The molecule has 3 nitrogen and oxygen atoms in total. The Hall–Kier alpha value is -2.35. The van der Waals surface area contributed by atoms with Crippen LogP contribution in [0.15, 0.2) is 48.5 Å². The van der Waals surface area contributed by atoms with E-state index < -0.39 is 5.60 Å². The number of piperidine rings is 1. The smallest absolute Gasteiger partial charge is 0.148 e. The fourth-order valence-corrected chi connectivity index (χ4v) is 4.61. The highest BCUT2D eigenvalue weighted by atomic mass is 19.1. The SMILES string of the molecule is C#CCOc1ccc(CN2[C@@H]3CC[C@H]2CC(O)(c2cccc(F)c2)C3)cc1. The number of hydrogen-bond acceptors (Lipinski definition) is 3. The van der Waals surface area contributed by atoms with E-state index in [1.54, 1.807) is 6.07 Å². The zero-order valence-corrected chi connectivity index (χ0v) is 15.3. The molecule has 2 bridgehead atoms. The maximum atomic E-state index is 13.6. The summed E-state index contributed by atoms with van der Waals surface area (Å²) in [5.41, 5.74) is 0.988. The molecule has 3 atom stereocenters. The third-order valence-corrected chi connectivity index (χ3v) is 5.89. The fraction of sp³-hybridized carbons (Fsp3) is 0.391. The van der Waals surface area contributed by atoms with Crippen molar-refractivity contribution in [3.05, 3.63) is 65.5 Å². The van der Waals surface area contributed by atoms with Crippen molar-refractivity contribution in [1.29, 1.82) is 0 Å². The fourth-order valence-electron chi connectivity index (χ4n) is 4.61. The summed E-state index contributed by atoms with van der Waals surface area (Å²) >= 11 is 0. The van der Waals surface area contributed by atoms with Gasteiger partial charge in [0.1, 0.15) is 18.2 Å². The minimum Gasteiger partial charge on any atom is -0.481 e. The van der Waals surface area contributed by atoms with Gasteiger partial charge in [0.05, 0.1) is 5.60 Å². The maximum absolute atomic E-state index is 13.6. The molecule has 4 rings (SSSR count). The summed E-state index contributed by atoms with van der Waals surface area (Å²) in [5.74, 6) is 2.95. The lowest BCUT2D eigenvalue weighted by Crippen LogP contribution is -2.49. The minimum atomic E-state index is -0.933. The largest absolute Gasteiger partial charge is 0.481 e. The van der Waals surface area contributed by atoms with Crippen LogP contribution in [0.4, 0.5) is 4.39 Å². The molecule has 1 N–H and O–H groups in total. The summed E-state index contributed by atoms with van der Waals surface area (Å²) in [6.07, 6.45) is 8.67. The highest BCUT2D eigenvalue weighted by Gasteiger charge is 2.48. The van der Waals surface area contributed by atoms with E-state index in [0.717, 1.165) is 25.1 Å². The van der Waals surface area contributed by atoms with Crippen LogP contribution < -0.4 is 4.74 Å². The minimum absolute atomic E-state index is 0.272. The molecular weight excluding hydrogens is 341 g/mol. The Morgan fingerprint density at radius 2 is 1.85 bits per heavy atom. The van der Waals surface area contributed by atoms with Crippen LogP contribution in [-0.2, 0) is 12.1 Å². The monoisotopic (exact) mass is 365 g/mol. The molecule has 0 aromatic heterocycles. The van der Waals surface area contributed by atoms with E-state index in [-0.39, 0.29) is 12.4 Å². The van der Waals surface area contributed by atoms with Crippen LogP contribution in [0, 0.1) is 18.2 Å². The van der Waals surface area contributed by atoms with Crippen molar-refractivity contribution in [3.8, 4) is 18.1 Å². The number of hydrogen-bond donors (Lipinski definition) is 1. The molecular formula is C23H24FNO2. The summed E-state index contributed by atoms with van der Waals surface area (Å²) in [6.45, 7) is 1.12. The van der Waals surface area contributed by atoms with Gasteiger partial charge in [0, 0.05) is 18.6 Å². The van der Waals surface area contributed by atoms with Gasteiger partial charge in [-0.25, -0.2) is 4.39 Å². The van der Waals surface area contributed by atoms with Gasteiger partial charge in [0.2, 0.25) is 0 Å². The number of ether oxygens (including phenoxy) is 1. The third-order valence-electron chi connectivity index (χ3n) is 5.89. The van der Waals surface area contributed by atoms with Crippen molar-refractivity contribution in [2.24, 2.45) is 0 Å². The molecule has 0 saturated carbocycles. The van der Waals surface area contributed by atoms with Gasteiger partial charge in [-0.2, -0.15) is 0 Å². The van der Waals surface area contributed by atoms with Crippen LogP contribution in [0.5, 0.6) is 5.75 Å². The van der Waals surface area contributed by atoms with Crippen molar-refractivity contribution in [3.63, 3.8) is 0 Å². The number of terminal acetylenes is 1. The lowest BCUT2D eigenvalue weighted by molar-refractivity contribution is -0.0596. The van der Waals surface area contributed by atoms with E-state index in [1.807, 2.05) is 18.2 Å². The van der Waals surface area contributed by atoms with Crippen LogP contribution in [0.2, 0.25) is 0 Å². The van der Waals surface area contributed by atoms with Gasteiger partial charge < -0.3 is 9.84 Å². The molecule has 2 aliphatic rings. The van der Waals surface area contributed by atoms with Gasteiger partial charge in [0.15, 0.2) is 0 Å². The summed E-state index contributed by atoms with van der Waals surface area (Å²) in [7, 11) is 0. The molecule has 0 amide bonds. The second-order valence-electron chi connectivity index (χ2n) is 7.64. The number of aliphatic hydroxyl groups is 1. The summed E-state index contributed by atoms with van der Waals surface area (Å²) in [5, 5.41) is 11.2. The van der Waals surface area contributed by atoms with E-state index in [1.165, 1.54) is 17.7 Å². The predicted octanol–water partition coefficient (Wildman–Crippen LogP) is 3.85. The molecule has 4 heteroatoms. The second-order valence-corrected chi connectivity index (χ2v) is 7.64. The molecule has 27 heavy (non-hydrogen) atoms. The van der Waals surface area contributed by atoms with E-state index in [2.05, 4.69) is 23.0 Å². The van der Waals surface area contributed by atoms with Crippen molar-refractivity contribution in [2.75, 3.05) is 6.61 Å². The Balaban J connectivity index is 1.46. The number of halogens is 1. The molecule has 2 aliphatic heterocycles. The van der Waals surface area contributed by atoms with Crippen LogP contribution >= 0.6 is 0 Å². The second kappa shape index (κ2) is 7.34. The standard InChI is InChI=1S/C23H24FNO2/c1-2-12-27-22-10-6-17(7-11-22)16-25-20-8-9-21(25)15-23(26,14-20)18-4-3-5-19(24)13-18/h1,3-7,10-11,13,20-21,26H,8-9,12,14-16H2/t20-,21+,23?. The van der Waals surface area contributed by atoms with E-state index in [0.29, 0.717) is 30.5 Å². The maximum Gasteiger partial charge on any atom is 0.148 e. The first-order chi connectivity index (χ1) is 13.1. The number of rotatable bonds is 5. The van der Waals surface area contributed by atoms with E-state index in [4.69, 9.17) is 11.2 Å². The van der Waals surface area contributed by atoms with Crippen molar-refractivity contribution >= 4 is 0 Å². The zero-order chi connectivity index (χ0) is 18.9. The van der Waals surface area contributed by atoms with E-state index in [9.17, 15) is 9.50 Å². The highest BCUT2D eigenvalue weighted by Crippen LogP contribution is 2.46. The molecule has 2 fully saturated rings. The first-order valence-electron chi connectivity index (χ1n) is 9.47. The summed E-state index contributed by atoms with van der Waals surface area (Å²) < 4.78 is 19.1. The lowest BCUT2D eigenvalue weighted by Gasteiger charge is -2.44. The van der Waals surface area contributed by atoms with Crippen LogP contribution in [-0.4, -0.2) is 28.7 Å². The Morgan fingerprint density at radius 3 is 2.48 bits per heavy atom. The molecule has 0 spiro atoms. The highest BCUT2D eigenvalue weighted by molar-refractivity contribution is 5.29. The Labute approximate surface area is 159 Å². The van der Waals surface area contributed by atoms with Crippen LogP contribution in [0.1, 0.15) is 36.8 Å². The normalized spacial score (nSPS) is 27.3. The quantitative estimate of drug-likeness (QED) is 0.817. The number of fused-ring (bicyclic) bond motifs is 2. The number of benzene rings is 2. The van der Waals surface area contributed by atoms with Crippen molar-refractivity contribution in [1.82, 2.24) is 4.90 Å². The zero-order valence-electron chi connectivity index (χ0n) is 15.3. The van der Waals surface area contributed by atoms with Gasteiger partial charge in [-0.1, -0.05) is 30.2 Å². The lowest BCUT2D eigenvalue weighted by atomic mass is 9.80. The first kappa shape index (κ1) is 18.0. The molecule has 0 radical (unpaired) electrons. The first-order valence-corrected chi connectivity index (χ1v) is 9.47. The van der Waals surface area contributed by atoms with Gasteiger partial charge in [-0.3, -0.25) is 4.90 Å². The average molecular weight is 365 g/mol. The Bertz CT molecular complexity index is 828. The Morgan fingerprint density at radius 1 is 1.15 bits per heavy atom. The molecule has 2 saturated heterocycles. The van der Waals surface area contributed by atoms with E-state index >= 15 is 0 Å². The molecule has 2 heterocycles. The third kappa shape index (κ3) is 3.71. The Kier molecular flexibility index (Phi) is 4.90. The van der Waals surface area contributed by atoms with Gasteiger partial charge in [-0.15, -0.1) is 6.42 Å². The van der Waals surface area contributed by atoms with Crippen molar-refractivity contribution < 1.29 is 14.2 Å². The number of nitrogens with zero attached hydrogens (tertiary/aromatic N) is 1. The van der Waals surface area contributed by atoms with Gasteiger partial charge >= 0.3 is 0 Å². The topological polar surface area (TPSA) is 32.7 Å². The average Bonchev–Trinajstić information content (AvgIpc) is 2.91.